The average Bonchev–Trinajstić information content (AvgIpc) is 2.54. The summed E-state index contributed by atoms with van der Waals surface area (Å²) in [5.74, 6) is 1.27. The molecule has 0 aliphatic carbocycles. The maximum atomic E-state index is 12.1. The maximum Gasteiger partial charge on any atom is 0.224 e. The van der Waals surface area contributed by atoms with Crippen molar-refractivity contribution in [2.45, 2.75) is 26.8 Å². The smallest absolute Gasteiger partial charge is 0.224 e. The topological polar surface area (TPSA) is 47.6 Å². The first-order valence-corrected chi connectivity index (χ1v) is 7.57. The van der Waals surface area contributed by atoms with E-state index in [1.165, 1.54) is 11.1 Å². The molecule has 0 fully saturated rings. The summed E-state index contributed by atoms with van der Waals surface area (Å²) in [4.78, 5) is 12.1. The Kier molecular flexibility index (Phi) is 5.63. The number of nitrogens with one attached hydrogen (secondary N) is 1. The van der Waals surface area contributed by atoms with E-state index in [-0.39, 0.29) is 5.91 Å². The minimum atomic E-state index is -0.0165. The van der Waals surface area contributed by atoms with Crippen LogP contribution in [0.3, 0.4) is 0 Å². The van der Waals surface area contributed by atoms with E-state index in [0.29, 0.717) is 24.5 Å². The molecule has 0 spiro atoms. The third-order valence-corrected chi connectivity index (χ3v) is 3.79. The number of amides is 1. The fourth-order valence-electron chi connectivity index (χ4n) is 2.48. The van der Waals surface area contributed by atoms with Gasteiger partial charge >= 0.3 is 0 Å². The van der Waals surface area contributed by atoms with Crippen LogP contribution in [0.5, 0.6) is 11.5 Å². The second-order valence-electron chi connectivity index (χ2n) is 5.57. The Bertz CT molecular complexity index is 695. The van der Waals surface area contributed by atoms with Crippen molar-refractivity contribution in [3.63, 3.8) is 0 Å². The summed E-state index contributed by atoms with van der Waals surface area (Å²) < 4.78 is 10.5. The molecule has 2 aromatic carbocycles. The van der Waals surface area contributed by atoms with E-state index in [0.717, 1.165) is 11.1 Å². The Hall–Kier alpha value is -2.49. The van der Waals surface area contributed by atoms with Gasteiger partial charge in [-0.05, 0) is 42.7 Å². The molecule has 2 aromatic rings. The van der Waals surface area contributed by atoms with Gasteiger partial charge in [-0.3, -0.25) is 4.79 Å². The summed E-state index contributed by atoms with van der Waals surface area (Å²) in [6, 6.07) is 11.7. The quantitative estimate of drug-likeness (QED) is 0.891. The second-order valence-corrected chi connectivity index (χ2v) is 5.57. The summed E-state index contributed by atoms with van der Waals surface area (Å²) in [7, 11) is 3.18. The number of benzene rings is 2. The lowest BCUT2D eigenvalue weighted by Crippen LogP contribution is -2.24. The molecular formula is C19H23NO3. The molecule has 0 saturated carbocycles. The lowest BCUT2D eigenvalue weighted by atomic mass is 10.1. The Morgan fingerprint density at radius 3 is 2.39 bits per heavy atom. The van der Waals surface area contributed by atoms with Gasteiger partial charge in [-0.1, -0.05) is 29.8 Å². The van der Waals surface area contributed by atoms with Crippen molar-refractivity contribution in [1.29, 1.82) is 0 Å². The van der Waals surface area contributed by atoms with Gasteiger partial charge in [0.05, 0.1) is 20.6 Å². The first-order valence-electron chi connectivity index (χ1n) is 7.57. The van der Waals surface area contributed by atoms with E-state index in [1.807, 2.05) is 18.2 Å². The molecule has 23 heavy (non-hydrogen) atoms. The van der Waals surface area contributed by atoms with E-state index in [9.17, 15) is 4.79 Å². The number of hydrogen-bond acceptors (Lipinski definition) is 3. The Balaban J connectivity index is 1.97. The van der Waals surface area contributed by atoms with Gasteiger partial charge in [-0.2, -0.15) is 0 Å². The Morgan fingerprint density at radius 2 is 1.74 bits per heavy atom. The highest BCUT2D eigenvalue weighted by molar-refractivity contribution is 5.78. The monoisotopic (exact) mass is 313 g/mol. The van der Waals surface area contributed by atoms with Crippen molar-refractivity contribution in [2.24, 2.45) is 0 Å². The molecule has 2 rings (SSSR count). The van der Waals surface area contributed by atoms with Crippen LogP contribution in [0.2, 0.25) is 0 Å². The summed E-state index contributed by atoms with van der Waals surface area (Å²) in [5.41, 5.74) is 4.44. The lowest BCUT2D eigenvalue weighted by Gasteiger charge is -2.11. The van der Waals surface area contributed by atoms with E-state index in [1.54, 1.807) is 14.2 Å². The molecular weight excluding hydrogens is 290 g/mol. The van der Waals surface area contributed by atoms with Crippen molar-refractivity contribution in [3.8, 4) is 11.5 Å². The van der Waals surface area contributed by atoms with Crippen molar-refractivity contribution in [2.75, 3.05) is 14.2 Å². The van der Waals surface area contributed by atoms with Crippen LogP contribution >= 0.6 is 0 Å². The fourth-order valence-corrected chi connectivity index (χ4v) is 2.48. The van der Waals surface area contributed by atoms with Crippen LogP contribution in [0.1, 0.15) is 22.3 Å². The van der Waals surface area contributed by atoms with Gasteiger partial charge in [0.15, 0.2) is 11.5 Å². The molecule has 0 aliphatic rings. The molecule has 0 heterocycles. The van der Waals surface area contributed by atoms with E-state index in [2.05, 4.69) is 37.4 Å². The van der Waals surface area contributed by atoms with Gasteiger partial charge < -0.3 is 14.8 Å². The van der Waals surface area contributed by atoms with Crippen molar-refractivity contribution >= 4 is 5.91 Å². The van der Waals surface area contributed by atoms with E-state index >= 15 is 0 Å². The van der Waals surface area contributed by atoms with E-state index in [4.69, 9.17) is 9.47 Å². The lowest BCUT2D eigenvalue weighted by molar-refractivity contribution is -0.120. The number of carbonyl (C=O) groups is 1. The third-order valence-electron chi connectivity index (χ3n) is 3.79. The molecule has 1 N–H and O–H groups in total. The number of carbonyl (C=O) groups excluding carboxylic acids is 1. The Morgan fingerprint density at radius 1 is 1.00 bits per heavy atom. The van der Waals surface area contributed by atoms with Crippen molar-refractivity contribution in [1.82, 2.24) is 5.32 Å². The maximum absolute atomic E-state index is 12.1. The van der Waals surface area contributed by atoms with Crippen LogP contribution in [-0.2, 0) is 17.8 Å². The van der Waals surface area contributed by atoms with Crippen molar-refractivity contribution < 1.29 is 14.3 Å². The third kappa shape index (κ3) is 4.49. The zero-order chi connectivity index (χ0) is 16.8. The number of methoxy groups -OCH3 is 2. The zero-order valence-corrected chi connectivity index (χ0v) is 14.1. The van der Waals surface area contributed by atoms with Crippen LogP contribution in [0, 0.1) is 13.8 Å². The average molecular weight is 313 g/mol. The molecule has 0 unspecified atom stereocenters. The van der Waals surface area contributed by atoms with Gasteiger partial charge in [0.25, 0.3) is 0 Å². The molecule has 0 aliphatic heterocycles. The van der Waals surface area contributed by atoms with Gasteiger partial charge in [-0.25, -0.2) is 0 Å². The molecule has 122 valence electrons. The minimum absolute atomic E-state index is 0.0165. The summed E-state index contributed by atoms with van der Waals surface area (Å²) in [6.07, 6.45) is 0.311. The number of aryl methyl sites for hydroxylation is 2. The highest BCUT2D eigenvalue weighted by Crippen LogP contribution is 2.27. The first-order chi connectivity index (χ1) is 11.0. The highest BCUT2D eigenvalue weighted by Gasteiger charge is 2.09. The van der Waals surface area contributed by atoms with Crippen LogP contribution in [0.15, 0.2) is 36.4 Å². The Labute approximate surface area is 137 Å². The van der Waals surface area contributed by atoms with Gasteiger partial charge in [0.2, 0.25) is 5.91 Å². The predicted octanol–water partition coefficient (Wildman–Crippen LogP) is 3.18. The largest absolute Gasteiger partial charge is 0.493 e. The summed E-state index contributed by atoms with van der Waals surface area (Å²) in [5, 5.41) is 2.96. The van der Waals surface area contributed by atoms with Crippen LogP contribution < -0.4 is 14.8 Å². The second kappa shape index (κ2) is 7.68. The first kappa shape index (κ1) is 16.9. The SMILES string of the molecule is COc1ccc(CC(=O)NCc2ccc(C)cc2C)cc1OC. The molecule has 0 radical (unpaired) electrons. The van der Waals surface area contributed by atoms with Gasteiger partial charge in [0, 0.05) is 6.54 Å². The van der Waals surface area contributed by atoms with Crippen molar-refractivity contribution in [3.05, 3.63) is 58.7 Å². The molecule has 1 amide bonds. The number of ether oxygens (including phenoxy) is 2. The molecule has 4 heteroatoms. The predicted molar refractivity (Wildman–Crippen MR) is 91.0 cm³/mol. The van der Waals surface area contributed by atoms with Gasteiger partial charge in [-0.15, -0.1) is 0 Å². The van der Waals surface area contributed by atoms with Gasteiger partial charge in [0.1, 0.15) is 0 Å². The summed E-state index contributed by atoms with van der Waals surface area (Å²) in [6.45, 7) is 4.66. The minimum Gasteiger partial charge on any atom is -0.493 e. The highest BCUT2D eigenvalue weighted by atomic mass is 16.5. The molecule has 0 saturated heterocycles. The molecule has 0 atom stereocenters. The number of rotatable bonds is 6. The summed E-state index contributed by atoms with van der Waals surface area (Å²) >= 11 is 0. The number of hydrogen-bond donors (Lipinski definition) is 1. The molecule has 0 aromatic heterocycles. The van der Waals surface area contributed by atoms with Crippen LogP contribution in [0.4, 0.5) is 0 Å². The molecule has 0 bridgehead atoms. The fraction of sp³-hybridized carbons (Fsp3) is 0.316. The van der Waals surface area contributed by atoms with E-state index < -0.39 is 0 Å². The molecule has 4 nitrogen and oxygen atoms in total. The van der Waals surface area contributed by atoms with Crippen LogP contribution in [0.25, 0.3) is 0 Å². The normalized spacial score (nSPS) is 10.3. The standard InChI is InChI=1S/C19H23NO3/c1-13-5-7-16(14(2)9-13)12-20-19(21)11-15-6-8-17(22-3)18(10-15)23-4/h5-10H,11-12H2,1-4H3,(H,20,21). The van der Waals surface area contributed by atoms with Crippen LogP contribution in [-0.4, -0.2) is 20.1 Å². The zero-order valence-electron chi connectivity index (χ0n) is 14.1.